The van der Waals surface area contributed by atoms with E-state index in [0.717, 1.165) is 17.5 Å². The molecule has 3 heterocycles. The smallest absolute Gasteiger partial charge is 0.269 e. The van der Waals surface area contributed by atoms with Gasteiger partial charge in [-0.05, 0) is 60.9 Å². The molecular weight excluding hydrogens is 432 g/mol. The number of carbonyl (C=O) groups excluding carboxylic acids is 1. The van der Waals surface area contributed by atoms with E-state index in [9.17, 15) is 14.9 Å². The fourth-order valence-electron chi connectivity index (χ4n) is 3.37. The van der Waals surface area contributed by atoms with E-state index in [4.69, 9.17) is 9.15 Å². The Hall–Kier alpha value is -4.64. The molecule has 4 rings (SSSR count). The molecule has 8 heteroatoms. The molecule has 170 valence electrons. The molecule has 0 spiro atoms. The number of hydrogen-bond acceptors (Lipinski definition) is 6. The summed E-state index contributed by atoms with van der Waals surface area (Å²) in [6.45, 7) is 3.99. The van der Waals surface area contributed by atoms with Crippen LogP contribution in [0.1, 0.15) is 29.4 Å². The minimum Gasteiger partial charge on any atom is -0.467 e. The highest BCUT2D eigenvalue weighted by Gasteiger charge is 2.18. The molecule has 0 saturated heterocycles. The summed E-state index contributed by atoms with van der Waals surface area (Å²) in [4.78, 5) is 30.5. The zero-order chi connectivity index (χ0) is 24.1. The number of benzene rings is 1. The van der Waals surface area contributed by atoms with E-state index in [2.05, 4.69) is 10.3 Å². The molecule has 0 aliphatic rings. The maximum atomic E-state index is 13.4. The topological polar surface area (TPSA) is 110 Å². The van der Waals surface area contributed by atoms with Crippen LogP contribution >= 0.6 is 0 Å². The van der Waals surface area contributed by atoms with Crippen molar-refractivity contribution in [3.05, 3.63) is 99.4 Å². The van der Waals surface area contributed by atoms with Crippen molar-refractivity contribution in [2.75, 3.05) is 0 Å². The zero-order valence-electron chi connectivity index (χ0n) is 18.7. The fourth-order valence-corrected chi connectivity index (χ4v) is 3.37. The molecule has 3 aromatic heterocycles. The summed E-state index contributed by atoms with van der Waals surface area (Å²) < 4.78 is 12.5. The lowest BCUT2D eigenvalue weighted by atomic mass is 10.1. The van der Waals surface area contributed by atoms with E-state index in [1.807, 2.05) is 38.1 Å². The van der Waals surface area contributed by atoms with Gasteiger partial charge in [0.2, 0.25) is 5.88 Å². The van der Waals surface area contributed by atoms with Gasteiger partial charge in [0, 0.05) is 6.20 Å². The predicted molar refractivity (Wildman–Crippen MR) is 126 cm³/mol. The Balaban J connectivity index is 1.77. The maximum Gasteiger partial charge on any atom is 0.269 e. The van der Waals surface area contributed by atoms with E-state index in [0.29, 0.717) is 17.2 Å². The Morgan fingerprint density at radius 2 is 2.03 bits per heavy atom. The quantitative estimate of drug-likeness (QED) is 0.331. The predicted octanol–water partition coefficient (Wildman–Crippen LogP) is 4.17. The largest absolute Gasteiger partial charge is 0.467 e. The molecule has 0 saturated carbocycles. The van der Waals surface area contributed by atoms with Crippen LogP contribution in [0.3, 0.4) is 0 Å². The lowest BCUT2D eigenvalue weighted by Gasteiger charge is -2.12. The third kappa shape index (κ3) is 4.74. The van der Waals surface area contributed by atoms with Gasteiger partial charge in [0.05, 0.1) is 12.8 Å². The second kappa shape index (κ2) is 9.88. The zero-order valence-corrected chi connectivity index (χ0v) is 18.7. The van der Waals surface area contributed by atoms with Crippen molar-refractivity contribution in [2.45, 2.75) is 26.8 Å². The SMILES string of the molecule is CCc1ccc(Oc2nc3c(C)cccn3c(=O)c2/C=C(\C#N)C(=O)NCc2ccco2)cc1. The molecule has 0 unspecified atom stereocenters. The Morgan fingerprint density at radius 3 is 2.71 bits per heavy atom. The van der Waals surface area contributed by atoms with Crippen LogP contribution in [-0.2, 0) is 17.8 Å². The highest BCUT2D eigenvalue weighted by molar-refractivity contribution is 6.01. The number of pyridine rings is 1. The summed E-state index contributed by atoms with van der Waals surface area (Å²) in [5.74, 6) is 0.381. The highest BCUT2D eigenvalue weighted by Crippen LogP contribution is 2.25. The van der Waals surface area contributed by atoms with Crippen LogP contribution in [0.25, 0.3) is 11.7 Å². The molecule has 1 aromatic carbocycles. The van der Waals surface area contributed by atoms with Gasteiger partial charge in [0.25, 0.3) is 11.5 Å². The van der Waals surface area contributed by atoms with Gasteiger partial charge in [0.15, 0.2) is 0 Å². The second-order valence-electron chi connectivity index (χ2n) is 7.55. The van der Waals surface area contributed by atoms with Gasteiger partial charge >= 0.3 is 0 Å². The third-order valence-electron chi connectivity index (χ3n) is 5.25. The van der Waals surface area contributed by atoms with Crippen LogP contribution in [0.5, 0.6) is 11.6 Å². The minimum absolute atomic E-state index is 0.00707. The summed E-state index contributed by atoms with van der Waals surface area (Å²) in [7, 11) is 0. The number of nitriles is 1. The first-order valence-electron chi connectivity index (χ1n) is 10.7. The molecule has 0 bridgehead atoms. The molecule has 0 aliphatic carbocycles. The molecule has 34 heavy (non-hydrogen) atoms. The molecule has 0 radical (unpaired) electrons. The highest BCUT2D eigenvalue weighted by atomic mass is 16.5. The Kier molecular flexibility index (Phi) is 6.55. The van der Waals surface area contributed by atoms with Crippen LogP contribution in [0.2, 0.25) is 0 Å². The first-order valence-corrected chi connectivity index (χ1v) is 10.7. The van der Waals surface area contributed by atoms with Gasteiger partial charge in [-0.3, -0.25) is 14.0 Å². The van der Waals surface area contributed by atoms with Crippen molar-refractivity contribution in [1.29, 1.82) is 5.26 Å². The minimum atomic E-state index is -0.647. The van der Waals surface area contributed by atoms with Gasteiger partial charge in [-0.2, -0.15) is 10.2 Å². The average Bonchev–Trinajstić information content (AvgIpc) is 3.37. The van der Waals surface area contributed by atoms with Crippen molar-refractivity contribution in [3.63, 3.8) is 0 Å². The number of ether oxygens (including phenoxy) is 1. The van der Waals surface area contributed by atoms with Crippen LogP contribution in [-0.4, -0.2) is 15.3 Å². The van der Waals surface area contributed by atoms with E-state index in [-0.39, 0.29) is 23.6 Å². The number of aromatic nitrogens is 2. The van der Waals surface area contributed by atoms with E-state index in [1.54, 1.807) is 36.5 Å². The van der Waals surface area contributed by atoms with E-state index in [1.165, 1.54) is 16.7 Å². The van der Waals surface area contributed by atoms with Gasteiger partial charge in [-0.1, -0.05) is 25.1 Å². The van der Waals surface area contributed by atoms with Crippen LogP contribution in [0.4, 0.5) is 0 Å². The van der Waals surface area contributed by atoms with Crippen molar-refractivity contribution >= 4 is 17.6 Å². The number of hydrogen-bond donors (Lipinski definition) is 1. The van der Waals surface area contributed by atoms with Gasteiger partial charge in [-0.15, -0.1) is 0 Å². The molecule has 4 aromatic rings. The number of nitrogens with zero attached hydrogens (tertiary/aromatic N) is 3. The number of fused-ring (bicyclic) bond motifs is 1. The molecule has 0 aliphatic heterocycles. The van der Waals surface area contributed by atoms with Crippen molar-refractivity contribution < 1.29 is 13.9 Å². The summed E-state index contributed by atoms with van der Waals surface area (Å²) in [6, 6.07) is 16.2. The second-order valence-corrected chi connectivity index (χ2v) is 7.55. The Morgan fingerprint density at radius 1 is 1.24 bits per heavy atom. The summed E-state index contributed by atoms with van der Waals surface area (Å²) in [5, 5.41) is 12.2. The lowest BCUT2D eigenvalue weighted by molar-refractivity contribution is -0.117. The van der Waals surface area contributed by atoms with Crippen molar-refractivity contribution in [1.82, 2.24) is 14.7 Å². The Labute approximate surface area is 195 Å². The molecule has 1 N–H and O–H groups in total. The van der Waals surface area contributed by atoms with Crippen molar-refractivity contribution in [3.8, 4) is 17.7 Å². The number of nitrogens with one attached hydrogen (secondary N) is 1. The van der Waals surface area contributed by atoms with Crippen LogP contribution < -0.4 is 15.6 Å². The average molecular weight is 454 g/mol. The van der Waals surface area contributed by atoms with E-state index < -0.39 is 11.5 Å². The number of aryl methyl sites for hydroxylation is 2. The number of amides is 1. The standard InChI is InChI=1S/C26H22N4O4/c1-3-18-8-10-20(11-9-18)34-25-22(26(32)30-12-4-6-17(2)23(30)29-25)14-19(15-27)24(31)28-16-21-7-5-13-33-21/h4-14H,3,16H2,1-2H3,(H,28,31)/b19-14+. The third-order valence-corrected chi connectivity index (χ3v) is 5.25. The molecule has 0 fully saturated rings. The molecule has 1 amide bonds. The maximum absolute atomic E-state index is 13.4. The van der Waals surface area contributed by atoms with Gasteiger partial charge < -0.3 is 14.5 Å². The molecule has 0 atom stereocenters. The normalized spacial score (nSPS) is 11.3. The first-order chi connectivity index (χ1) is 16.5. The van der Waals surface area contributed by atoms with Crippen LogP contribution in [0, 0.1) is 18.3 Å². The first kappa shape index (κ1) is 22.6. The summed E-state index contributed by atoms with van der Waals surface area (Å²) in [6.07, 6.45) is 5.15. The summed E-state index contributed by atoms with van der Waals surface area (Å²) in [5.41, 5.74) is 1.61. The van der Waals surface area contributed by atoms with Gasteiger partial charge in [0.1, 0.15) is 34.4 Å². The monoisotopic (exact) mass is 454 g/mol. The molecular formula is C26H22N4O4. The fraction of sp³-hybridized carbons (Fsp3) is 0.154. The van der Waals surface area contributed by atoms with Gasteiger partial charge in [-0.25, -0.2) is 0 Å². The molecule has 8 nitrogen and oxygen atoms in total. The van der Waals surface area contributed by atoms with Crippen LogP contribution in [0.15, 0.2) is 75.8 Å². The number of rotatable bonds is 7. The van der Waals surface area contributed by atoms with Crippen molar-refractivity contribution in [2.24, 2.45) is 0 Å². The number of furan rings is 1. The van der Waals surface area contributed by atoms with E-state index >= 15 is 0 Å². The number of carbonyl (C=O) groups is 1. The summed E-state index contributed by atoms with van der Waals surface area (Å²) >= 11 is 0. The Bertz CT molecular complexity index is 1460. The lowest BCUT2D eigenvalue weighted by Crippen LogP contribution is -2.25.